The summed E-state index contributed by atoms with van der Waals surface area (Å²) in [7, 11) is 0. The van der Waals surface area contributed by atoms with E-state index in [2.05, 4.69) is 22.1 Å². The van der Waals surface area contributed by atoms with E-state index in [9.17, 15) is 9.59 Å². The number of ketones is 1. The predicted molar refractivity (Wildman–Crippen MR) is 82.5 cm³/mol. The summed E-state index contributed by atoms with van der Waals surface area (Å²) in [5.74, 6) is -1.40. The second kappa shape index (κ2) is 7.00. The molecule has 2 heterocycles. The van der Waals surface area contributed by atoms with Crippen LogP contribution in [-0.2, 0) is 0 Å². The molecule has 0 bridgehead atoms. The van der Waals surface area contributed by atoms with Crippen molar-refractivity contribution in [3.63, 3.8) is 0 Å². The van der Waals surface area contributed by atoms with E-state index in [1.165, 1.54) is 6.92 Å². The Hall–Kier alpha value is -1.47. The van der Waals surface area contributed by atoms with Gasteiger partial charge < -0.3 is 15.3 Å². The van der Waals surface area contributed by atoms with Gasteiger partial charge in [0.15, 0.2) is 16.6 Å². The van der Waals surface area contributed by atoms with Crippen LogP contribution in [0.4, 0.5) is 5.13 Å². The molecule has 2 N–H and O–H groups in total. The van der Waals surface area contributed by atoms with Crippen molar-refractivity contribution in [1.82, 2.24) is 9.88 Å². The first kappa shape index (κ1) is 15.9. The van der Waals surface area contributed by atoms with Gasteiger partial charge in [-0.25, -0.2) is 9.78 Å². The average Bonchev–Trinajstić information content (AvgIpc) is 2.86. The molecule has 1 fully saturated rings. The number of thiazole rings is 1. The topological polar surface area (TPSA) is 82.5 Å². The standard InChI is InChI=1S/C14H21N3O3S/c1-3-6-17-7-4-10(5-8-17)15-14-16-11(13(19)20)12(21-14)9(2)18/h10H,3-8H2,1-2H3,(H,15,16)(H,19,20). The number of aromatic carboxylic acids is 1. The van der Waals surface area contributed by atoms with E-state index >= 15 is 0 Å². The number of carboxylic acid groups (broad SMARTS) is 1. The third-order valence-corrected chi connectivity index (χ3v) is 4.69. The minimum atomic E-state index is -1.15. The highest BCUT2D eigenvalue weighted by Gasteiger charge is 2.23. The van der Waals surface area contributed by atoms with Gasteiger partial charge in [0.25, 0.3) is 0 Å². The molecule has 1 aromatic rings. The summed E-state index contributed by atoms with van der Waals surface area (Å²) in [5, 5.41) is 12.9. The molecule has 1 aliphatic heterocycles. The van der Waals surface area contributed by atoms with Gasteiger partial charge in [0.05, 0.1) is 0 Å². The Kier molecular flexibility index (Phi) is 5.30. The van der Waals surface area contributed by atoms with Crippen molar-refractivity contribution in [1.29, 1.82) is 0 Å². The molecule has 2 rings (SSSR count). The van der Waals surface area contributed by atoms with Crippen molar-refractivity contribution in [2.24, 2.45) is 0 Å². The zero-order valence-corrected chi connectivity index (χ0v) is 13.2. The second-order valence-corrected chi connectivity index (χ2v) is 6.32. The third kappa shape index (κ3) is 4.01. The first-order valence-corrected chi connectivity index (χ1v) is 8.06. The lowest BCUT2D eigenvalue weighted by Crippen LogP contribution is -2.39. The van der Waals surface area contributed by atoms with E-state index in [0.717, 1.165) is 50.2 Å². The largest absolute Gasteiger partial charge is 0.476 e. The van der Waals surface area contributed by atoms with Gasteiger partial charge in [0.1, 0.15) is 4.88 Å². The molecule has 0 atom stereocenters. The van der Waals surface area contributed by atoms with E-state index in [-0.39, 0.29) is 16.4 Å². The molecule has 0 radical (unpaired) electrons. The van der Waals surface area contributed by atoms with Crippen LogP contribution in [0.2, 0.25) is 0 Å². The molecule has 116 valence electrons. The Morgan fingerprint density at radius 1 is 1.43 bits per heavy atom. The van der Waals surface area contributed by atoms with E-state index in [4.69, 9.17) is 5.11 Å². The van der Waals surface area contributed by atoms with Crippen LogP contribution < -0.4 is 5.32 Å². The predicted octanol–water partition coefficient (Wildman–Crippen LogP) is 2.33. The van der Waals surface area contributed by atoms with E-state index in [0.29, 0.717) is 11.2 Å². The first-order chi connectivity index (χ1) is 10.0. The van der Waals surface area contributed by atoms with Gasteiger partial charge in [-0.1, -0.05) is 18.3 Å². The molecule has 1 saturated heterocycles. The number of rotatable bonds is 6. The number of hydrogen-bond acceptors (Lipinski definition) is 6. The summed E-state index contributed by atoms with van der Waals surface area (Å²) in [6.45, 7) is 6.76. The molecule has 21 heavy (non-hydrogen) atoms. The third-order valence-electron chi connectivity index (χ3n) is 3.60. The lowest BCUT2D eigenvalue weighted by molar-refractivity contribution is 0.0687. The maximum atomic E-state index is 11.5. The normalized spacial score (nSPS) is 16.9. The Morgan fingerprint density at radius 2 is 2.10 bits per heavy atom. The van der Waals surface area contributed by atoms with Crippen molar-refractivity contribution in [3.05, 3.63) is 10.6 Å². The van der Waals surface area contributed by atoms with Crippen LogP contribution in [0.3, 0.4) is 0 Å². The summed E-state index contributed by atoms with van der Waals surface area (Å²) in [4.78, 5) is 29.3. The van der Waals surface area contributed by atoms with Crippen molar-refractivity contribution < 1.29 is 14.7 Å². The summed E-state index contributed by atoms with van der Waals surface area (Å²) < 4.78 is 0. The number of anilines is 1. The van der Waals surface area contributed by atoms with Gasteiger partial charge >= 0.3 is 5.97 Å². The first-order valence-electron chi connectivity index (χ1n) is 7.25. The molecule has 6 nitrogen and oxygen atoms in total. The highest BCUT2D eigenvalue weighted by atomic mass is 32.1. The van der Waals surface area contributed by atoms with Gasteiger partial charge in [0, 0.05) is 26.1 Å². The van der Waals surface area contributed by atoms with Gasteiger partial charge in [-0.05, 0) is 25.8 Å². The number of carboxylic acids is 1. The van der Waals surface area contributed by atoms with Crippen LogP contribution in [-0.4, -0.2) is 52.4 Å². The highest BCUT2D eigenvalue weighted by Crippen LogP contribution is 2.26. The molecular formula is C14H21N3O3S. The van der Waals surface area contributed by atoms with Crippen LogP contribution in [0.1, 0.15) is 53.3 Å². The summed E-state index contributed by atoms with van der Waals surface area (Å²) in [5.41, 5.74) is -0.140. The smallest absolute Gasteiger partial charge is 0.356 e. The van der Waals surface area contributed by atoms with Crippen LogP contribution in [0.25, 0.3) is 0 Å². The summed E-state index contributed by atoms with van der Waals surface area (Å²) in [6.07, 6.45) is 3.18. The van der Waals surface area contributed by atoms with Gasteiger partial charge in [-0.15, -0.1) is 0 Å². The van der Waals surface area contributed by atoms with Crippen molar-refractivity contribution in [2.45, 2.75) is 39.2 Å². The SMILES string of the molecule is CCCN1CCC(Nc2nc(C(=O)O)c(C(C)=O)s2)CC1. The zero-order chi connectivity index (χ0) is 15.4. The van der Waals surface area contributed by atoms with Crippen molar-refractivity contribution in [3.8, 4) is 0 Å². The number of nitrogens with zero attached hydrogens (tertiary/aromatic N) is 2. The second-order valence-electron chi connectivity index (χ2n) is 5.32. The van der Waals surface area contributed by atoms with Gasteiger partial charge in [0.2, 0.25) is 0 Å². The maximum Gasteiger partial charge on any atom is 0.356 e. The fourth-order valence-electron chi connectivity index (χ4n) is 2.56. The monoisotopic (exact) mass is 311 g/mol. The number of hydrogen-bond donors (Lipinski definition) is 2. The van der Waals surface area contributed by atoms with Crippen LogP contribution in [0, 0.1) is 0 Å². The van der Waals surface area contributed by atoms with E-state index in [1.54, 1.807) is 0 Å². The highest BCUT2D eigenvalue weighted by molar-refractivity contribution is 7.17. The number of likely N-dealkylation sites (tertiary alicyclic amines) is 1. The summed E-state index contributed by atoms with van der Waals surface area (Å²) in [6, 6.07) is 0.297. The van der Waals surface area contributed by atoms with Gasteiger partial charge in [-0.3, -0.25) is 4.79 Å². The number of nitrogens with one attached hydrogen (secondary N) is 1. The Bertz CT molecular complexity index is 490. The Balaban J connectivity index is 1.99. The maximum absolute atomic E-state index is 11.5. The minimum Gasteiger partial charge on any atom is -0.476 e. The Labute approximate surface area is 128 Å². The van der Waals surface area contributed by atoms with Gasteiger partial charge in [-0.2, -0.15) is 0 Å². The molecular weight excluding hydrogens is 290 g/mol. The number of aromatic nitrogens is 1. The number of piperidine rings is 1. The van der Waals surface area contributed by atoms with Crippen molar-refractivity contribution in [2.75, 3.05) is 25.0 Å². The molecule has 0 amide bonds. The van der Waals surface area contributed by atoms with Crippen molar-refractivity contribution >= 4 is 28.2 Å². The fourth-order valence-corrected chi connectivity index (χ4v) is 3.49. The van der Waals surface area contributed by atoms with E-state index < -0.39 is 5.97 Å². The fraction of sp³-hybridized carbons (Fsp3) is 0.643. The lowest BCUT2D eigenvalue weighted by atomic mass is 10.1. The van der Waals surface area contributed by atoms with Crippen LogP contribution in [0.5, 0.6) is 0 Å². The number of carbonyl (C=O) groups is 2. The lowest BCUT2D eigenvalue weighted by Gasteiger charge is -2.31. The summed E-state index contributed by atoms with van der Waals surface area (Å²) >= 11 is 1.13. The Morgan fingerprint density at radius 3 is 2.57 bits per heavy atom. The number of carbonyl (C=O) groups excluding carboxylic acids is 1. The van der Waals surface area contributed by atoms with E-state index in [1.807, 2.05) is 0 Å². The molecule has 0 spiro atoms. The minimum absolute atomic E-state index is 0.140. The molecule has 1 aliphatic rings. The molecule has 0 saturated carbocycles. The average molecular weight is 311 g/mol. The zero-order valence-electron chi connectivity index (χ0n) is 12.4. The molecule has 1 aromatic heterocycles. The molecule has 0 unspecified atom stereocenters. The van der Waals surface area contributed by atoms with Crippen LogP contribution >= 0.6 is 11.3 Å². The van der Waals surface area contributed by atoms with Crippen LogP contribution in [0.15, 0.2) is 0 Å². The molecule has 7 heteroatoms. The molecule has 0 aliphatic carbocycles. The molecule has 0 aromatic carbocycles. The number of Topliss-reactive ketones (excluding diaryl/α,β-unsaturated/α-hetero) is 1. The quantitative estimate of drug-likeness (QED) is 0.785.